The van der Waals surface area contributed by atoms with E-state index in [9.17, 15) is 4.79 Å². The third-order valence-corrected chi connectivity index (χ3v) is 5.11. The molecule has 2 aromatic rings. The molecule has 0 saturated carbocycles. The third kappa shape index (κ3) is 4.03. The number of hydrogen-bond donors (Lipinski definition) is 0. The second kappa shape index (κ2) is 7.92. The number of ether oxygens (including phenoxy) is 1. The lowest BCUT2D eigenvalue weighted by Crippen LogP contribution is -2.49. The van der Waals surface area contributed by atoms with Crippen LogP contribution in [0.15, 0.2) is 36.5 Å². The number of anilines is 2. The molecule has 142 valence electrons. The first-order valence-electron chi connectivity index (χ1n) is 9.47. The van der Waals surface area contributed by atoms with Crippen molar-refractivity contribution in [3.05, 3.63) is 47.7 Å². The number of carbonyl (C=O) groups is 1. The molecule has 2 saturated heterocycles. The lowest BCUT2D eigenvalue weighted by Gasteiger charge is -2.36. The van der Waals surface area contributed by atoms with E-state index in [0.717, 1.165) is 49.1 Å². The predicted molar refractivity (Wildman–Crippen MR) is 104 cm³/mol. The molecule has 0 bridgehead atoms. The van der Waals surface area contributed by atoms with E-state index in [1.165, 1.54) is 0 Å². The zero-order valence-electron chi connectivity index (χ0n) is 15.7. The van der Waals surface area contributed by atoms with Gasteiger partial charge in [0.15, 0.2) is 0 Å². The first-order valence-corrected chi connectivity index (χ1v) is 9.47. The molecule has 27 heavy (non-hydrogen) atoms. The van der Waals surface area contributed by atoms with Gasteiger partial charge in [-0.05, 0) is 25.1 Å². The maximum Gasteiger partial charge on any atom is 0.253 e. The number of carbonyl (C=O) groups excluding carboxylic acids is 1. The quantitative estimate of drug-likeness (QED) is 0.821. The molecule has 2 aliphatic rings. The molecular weight excluding hydrogens is 342 g/mol. The van der Waals surface area contributed by atoms with E-state index in [-0.39, 0.29) is 5.91 Å². The molecule has 3 heterocycles. The Labute approximate surface area is 159 Å². The van der Waals surface area contributed by atoms with Gasteiger partial charge in [0.05, 0.1) is 13.2 Å². The van der Waals surface area contributed by atoms with Crippen molar-refractivity contribution in [2.75, 3.05) is 62.3 Å². The van der Waals surface area contributed by atoms with Crippen LogP contribution in [0.5, 0.6) is 0 Å². The minimum atomic E-state index is 0.103. The largest absolute Gasteiger partial charge is 0.378 e. The molecule has 4 rings (SSSR count). The molecule has 0 spiro atoms. The Balaban J connectivity index is 1.39. The predicted octanol–water partition coefficient (Wildman–Crippen LogP) is 1.58. The highest BCUT2D eigenvalue weighted by molar-refractivity contribution is 5.94. The third-order valence-electron chi connectivity index (χ3n) is 5.11. The fraction of sp³-hybridized carbons (Fsp3) is 0.450. The van der Waals surface area contributed by atoms with Crippen LogP contribution in [0.25, 0.3) is 0 Å². The Morgan fingerprint density at radius 2 is 1.63 bits per heavy atom. The summed E-state index contributed by atoms with van der Waals surface area (Å²) in [5, 5.41) is 0. The van der Waals surface area contributed by atoms with E-state index in [2.05, 4.69) is 14.8 Å². The number of piperazine rings is 1. The Morgan fingerprint density at radius 1 is 0.926 bits per heavy atom. The number of morpholine rings is 1. The van der Waals surface area contributed by atoms with Crippen LogP contribution in [0.3, 0.4) is 0 Å². The first-order chi connectivity index (χ1) is 13.2. The van der Waals surface area contributed by atoms with Crippen molar-refractivity contribution in [1.29, 1.82) is 0 Å². The van der Waals surface area contributed by atoms with Crippen molar-refractivity contribution >= 4 is 17.7 Å². The molecule has 0 atom stereocenters. The fourth-order valence-electron chi connectivity index (χ4n) is 3.45. The van der Waals surface area contributed by atoms with Crippen LogP contribution in [-0.2, 0) is 4.74 Å². The average Bonchev–Trinajstić information content (AvgIpc) is 2.75. The Kier molecular flexibility index (Phi) is 5.20. The van der Waals surface area contributed by atoms with Crippen LogP contribution in [0.1, 0.15) is 15.9 Å². The van der Waals surface area contributed by atoms with Crippen LogP contribution < -0.4 is 9.80 Å². The van der Waals surface area contributed by atoms with Crippen molar-refractivity contribution in [3.8, 4) is 0 Å². The maximum absolute atomic E-state index is 12.7. The Bertz CT molecular complexity index is 781. The van der Waals surface area contributed by atoms with Crippen molar-refractivity contribution in [3.63, 3.8) is 0 Å². The minimum Gasteiger partial charge on any atom is -0.378 e. The standard InChI is InChI=1S/C20H25N5O2/c1-16-2-4-17(5-3-16)19(26)24-10-8-23(9-11-24)18-6-7-21-20(22-18)25-12-14-27-15-13-25/h2-7H,8-15H2,1H3. The highest BCUT2D eigenvalue weighted by Gasteiger charge is 2.23. The number of hydrogen-bond acceptors (Lipinski definition) is 6. The van der Waals surface area contributed by atoms with Gasteiger partial charge in [0.2, 0.25) is 5.95 Å². The number of amides is 1. The summed E-state index contributed by atoms with van der Waals surface area (Å²) in [6.45, 7) is 8.05. The molecule has 1 aromatic heterocycles. The second-order valence-electron chi connectivity index (χ2n) is 6.96. The molecule has 1 amide bonds. The number of aromatic nitrogens is 2. The van der Waals surface area contributed by atoms with E-state index in [1.807, 2.05) is 48.4 Å². The molecule has 0 radical (unpaired) electrons. The summed E-state index contributed by atoms with van der Waals surface area (Å²) in [4.78, 5) is 28.1. The number of benzene rings is 1. The molecule has 0 N–H and O–H groups in total. The van der Waals surface area contributed by atoms with Gasteiger partial charge in [0.1, 0.15) is 5.82 Å². The first kappa shape index (κ1) is 17.7. The van der Waals surface area contributed by atoms with Gasteiger partial charge in [-0.1, -0.05) is 17.7 Å². The minimum absolute atomic E-state index is 0.103. The molecule has 1 aromatic carbocycles. The van der Waals surface area contributed by atoms with Gasteiger partial charge in [-0.3, -0.25) is 4.79 Å². The van der Waals surface area contributed by atoms with E-state index in [1.54, 1.807) is 0 Å². The van der Waals surface area contributed by atoms with Gasteiger partial charge >= 0.3 is 0 Å². The summed E-state index contributed by atoms with van der Waals surface area (Å²) in [5.74, 6) is 1.79. The Morgan fingerprint density at radius 3 is 2.33 bits per heavy atom. The van der Waals surface area contributed by atoms with Crippen LogP contribution in [0, 0.1) is 6.92 Å². The Hall–Kier alpha value is -2.67. The maximum atomic E-state index is 12.7. The van der Waals surface area contributed by atoms with Crippen molar-refractivity contribution in [2.45, 2.75) is 6.92 Å². The van der Waals surface area contributed by atoms with E-state index >= 15 is 0 Å². The second-order valence-corrected chi connectivity index (χ2v) is 6.96. The van der Waals surface area contributed by atoms with Gasteiger partial charge in [0.25, 0.3) is 5.91 Å². The lowest BCUT2D eigenvalue weighted by molar-refractivity contribution is 0.0746. The van der Waals surface area contributed by atoms with Crippen LogP contribution in [0.2, 0.25) is 0 Å². The van der Waals surface area contributed by atoms with Gasteiger partial charge in [-0.2, -0.15) is 4.98 Å². The summed E-state index contributed by atoms with van der Waals surface area (Å²) >= 11 is 0. The van der Waals surface area contributed by atoms with Crippen molar-refractivity contribution < 1.29 is 9.53 Å². The van der Waals surface area contributed by atoms with E-state index in [4.69, 9.17) is 9.72 Å². The van der Waals surface area contributed by atoms with Gasteiger partial charge in [-0.25, -0.2) is 4.98 Å². The highest BCUT2D eigenvalue weighted by Crippen LogP contribution is 2.18. The summed E-state index contributed by atoms with van der Waals surface area (Å²) in [6.07, 6.45) is 1.82. The number of aryl methyl sites for hydroxylation is 1. The summed E-state index contributed by atoms with van der Waals surface area (Å²) < 4.78 is 5.40. The van der Waals surface area contributed by atoms with E-state index < -0.39 is 0 Å². The van der Waals surface area contributed by atoms with Crippen LogP contribution in [0.4, 0.5) is 11.8 Å². The average molecular weight is 367 g/mol. The molecule has 0 aliphatic carbocycles. The molecule has 0 unspecified atom stereocenters. The van der Waals surface area contributed by atoms with E-state index in [0.29, 0.717) is 26.3 Å². The number of rotatable bonds is 3. The van der Waals surface area contributed by atoms with Gasteiger partial charge in [0, 0.05) is 51.0 Å². The molecular formula is C20H25N5O2. The zero-order valence-corrected chi connectivity index (χ0v) is 15.7. The van der Waals surface area contributed by atoms with Crippen LogP contribution >= 0.6 is 0 Å². The molecule has 2 fully saturated rings. The lowest BCUT2D eigenvalue weighted by atomic mass is 10.1. The normalized spacial score (nSPS) is 17.9. The summed E-state index contributed by atoms with van der Waals surface area (Å²) in [5.41, 5.74) is 1.92. The smallest absolute Gasteiger partial charge is 0.253 e. The zero-order chi connectivity index (χ0) is 18.6. The topological polar surface area (TPSA) is 61.8 Å². The molecule has 7 heteroatoms. The van der Waals surface area contributed by atoms with Gasteiger partial charge < -0.3 is 19.4 Å². The summed E-state index contributed by atoms with van der Waals surface area (Å²) in [6, 6.07) is 9.72. The van der Waals surface area contributed by atoms with Crippen molar-refractivity contribution in [2.24, 2.45) is 0 Å². The van der Waals surface area contributed by atoms with Gasteiger partial charge in [-0.15, -0.1) is 0 Å². The summed E-state index contributed by atoms with van der Waals surface area (Å²) in [7, 11) is 0. The highest BCUT2D eigenvalue weighted by atomic mass is 16.5. The fourth-order valence-corrected chi connectivity index (χ4v) is 3.45. The monoisotopic (exact) mass is 367 g/mol. The molecule has 2 aliphatic heterocycles. The van der Waals surface area contributed by atoms with Crippen LogP contribution in [-0.4, -0.2) is 73.3 Å². The SMILES string of the molecule is Cc1ccc(C(=O)N2CCN(c3ccnc(N4CCOCC4)n3)CC2)cc1. The van der Waals surface area contributed by atoms with Crippen molar-refractivity contribution in [1.82, 2.24) is 14.9 Å². The molecule has 7 nitrogen and oxygen atoms in total. The number of nitrogens with zero attached hydrogens (tertiary/aromatic N) is 5.